The number of likely N-dealkylation sites (tertiary alicyclic amines) is 1. The molecule has 148 valence electrons. The third-order valence-electron chi connectivity index (χ3n) is 5.14. The van der Waals surface area contributed by atoms with Crippen LogP contribution in [0.2, 0.25) is 0 Å². The van der Waals surface area contributed by atoms with Crippen molar-refractivity contribution in [3.05, 3.63) is 84.2 Å². The molecule has 1 aliphatic heterocycles. The quantitative estimate of drug-likeness (QED) is 0.661. The van der Waals surface area contributed by atoms with E-state index in [1.165, 1.54) is 11.1 Å². The van der Waals surface area contributed by atoms with Crippen molar-refractivity contribution in [3.63, 3.8) is 0 Å². The highest BCUT2D eigenvalue weighted by atomic mass is 16.5. The Morgan fingerprint density at radius 1 is 1.17 bits per heavy atom. The van der Waals surface area contributed by atoms with Crippen molar-refractivity contribution >= 4 is 11.6 Å². The number of hydrogen-bond acceptors (Lipinski definition) is 4. The normalized spacial score (nSPS) is 16.5. The third kappa shape index (κ3) is 4.81. The highest BCUT2D eigenvalue weighted by molar-refractivity contribution is 5.96. The maximum atomic E-state index is 13.1. The van der Waals surface area contributed by atoms with Gasteiger partial charge in [0.25, 0.3) is 0 Å². The number of carbonyl (C=O) groups excluding carboxylic acids is 1. The number of ether oxygens (including phenoxy) is 1. The van der Waals surface area contributed by atoms with Crippen molar-refractivity contribution in [3.8, 4) is 11.5 Å². The molecule has 3 aromatic rings. The van der Waals surface area contributed by atoms with Gasteiger partial charge >= 0.3 is 0 Å². The Bertz CT molecular complexity index is 975. The molecule has 1 aliphatic rings. The lowest BCUT2D eigenvalue weighted by Crippen LogP contribution is -2.39. The number of carbonyl (C=O) groups is 1. The van der Waals surface area contributed by atoms with Gasteiger partial charge in [0.1, 0.15) is 5.75 Å². The zero-order chi connectivity index (χ0) is 20.1. The van der Waals surface area contributed by atoms with Gasteiger partial charge in [-0.25, -0.2) is 0 Å². The Kier molecular flexibility index (Phi) is 5.86. The van der Waals surface area contributed by atoms with Crippen LogP contribution in [0.5, 0.6) is 11.5 Å². The van der Waals surface area contributed by atoms with Crippen LogP contribution in [0.4, 0.5) is 5.69 Å². The molecular formula is C24H25N3O2. The standard InChI is InChI=1S/C24H25N3O2/c1-18-7-4-8-19(15-18)17-27-14-6-11-22(27)24(28)26-21-10-2-3-12-23(21)29-20-9-5-13-25-16-20/h2-5,7-10,12-13,15-16,22H,6,11,14,17H2,1H3,(H,26,28)/t22-/m0/s1. The average Bonchev–Trinajstić information content (AvgIpc) is 3.18. The first-order chi connectivity index (χ1) is 14.2. The fourth-order valence-electron chi connectivity index (χ4n) is 3.77. The van der Waals surface area contributed by atoms with Gasteiger partial charge in [-0.05, 0) is 56.1 Å². The molecule has 1 saturated heterocycles. The summed E-state index contributed by atoms with van der Waals surface area (Å²) in [5, 5.41) is 3.07. The number of anilines is 1. The largest absolute Gasteiger partial charge is 0.454 e. The first-order valence-corrected chi connectivity index (χ1v) is 9.96. The number of hydrogen-bond donors (Lipinski definition) is 1. The minimum Gasteiger partial charge on any atom is -0.454 e. The molecule has 4 rings (SSSR count). The van der Waals surface area contributed by atoms with E-state index in [9.17, 15) is 4.79 Å². The summed E-state index contributed by atoms with van der Waals surface area (Å²) in [6.07, 6.45) is 5.24. The summed E-state index contributed by atoms with van der Waals surface area (Å²) in [6, 6.07) is 19.5. The van der Waals surface area contributed by atoms with Gasteiger partial charge in [-0.3, -0.25) is 14.7 Å². The summed E-state index contributed by atoms with van der Waals surface area (Å²) in [7, 11) is 0. The van der Waals surface area contributed by atoms with Crippen molar-refractivity contribution in [2.75, 3.05) is 11.9 Å². The van der Waals surface area contributed by atoms with Crippen LogP contribution >= 0.6 is 0 Å². The van der Waals surface area contributed by atoms with Gasteiger partial charge in [0.15, 0.2) is 5.75 Å². The van der Waals surface area contributed by atoms with E-state index in [1.807, 2.05) is 36.4 Å². The zero-order valence-corrected chi connectivity index (χ0v) is 16.5. The number of nitrogens with zero attached hydrogens (tertiary/aromatic N) is 2. The van der Waals surface area contributed by atoms with Gasteiger partial charge in [-0.1, -0.05) is 42.0 Å². The van der Waals surface area contributed by atoms with E-state index in [-0.39, 0.29) is 11.9 Å². The topological polar surface area (TPSA) is 54.5 Å². The van der Waals surface area contributed by atoms with E-state index >= 15 is 0 Å². The van der Waals surface area contributed by atoms with Gasteiger partial charge < -0.3 is 10.1 Å². The highest BCUT2D eigenvalue weighted by Crippen LogP contribution is 2.30. The lowest BCUT2D eigenvalue weighted by atomic mass is 10.1. The molecule has 2 heterocycles. The van der Waals surface area contributed by atoms with Crippen LogP contribution in [0.3, 0.4) is 0 Å². The van der Waals surface area contributed by atoms with E-state index in [0.717, 1.165) is 25.9 Å². The molecule has 1 amide bonds. The Balaban J connectivity index is 1.46. The van der Waals surface area contributed by atoms with Crippen molar-refractivity contribution in [1.82, 2.24) is 9.88 Å². The predicted molar refractivity (Wildman–Crippen MR) is 114 cm³/mol. The Labute approximate surface area is 171 Å². The Hall–Kier alpha value is -3.18. The van der Waals surface area contributed by atoms with E-state index in [0.29, 0.717) is 17.2 Å². The molecule has 0 spiro atoms. The predicted octanol–water partition coefficient (Wildman–Crippen LogP) is 4.79. The second-order valence-electron chi connectivity index (χ2n) is 7.39. The maximum Gasteiger partial charge on any atom is 0.241 e. The summed E-state index contributed by atoms with van der Waals surface area (Å²) in [5.41, 5.74) is 3.15. The number of rotatable bonds is 6. The number of benzene rings is 2. The Morgan fingerprint density at radius 3 is 2.90 bits per heavy atom. The molecule has 5 heteroatoms. The van der Waals surface area contributed by atoms with Crippen LogP contribution in [0, 0.1) is 6.92 Å². The van der Waals surface area contributed by atoms with Gasteiger partial charge in [0.2, 0.25) is 5.91 Å². The zero-order valence-electron chi connectivity index (χ0n) is 16.5. The molecule has 0 bridgehead atoms. The summed E-state index contributed by atoms with van der Waals surface area (Å²) in [5.74, 6) is 1.26. The number of pyridine rings is 1. The summed E-state index contributed by atoms with van der Waals surface area (Å²) in [4.78, 5) is 19.4. The van der Waals surface area contributed by atoms with Crippen molar-refractivity contribution in [1.29, 1.82) is 0 Å². The first-order valence-electron chi connectivity index (χ1n) is 9.96. The molecule has 1 fully saturated rings. The van der Waals surface area contributed by atoms with E-state index in [4.69, 9.17) is 4.74 Å². The fraction of sp³-hybridized carbons (Fsp3) is 0.250. The molecular weight excluding hydrogens is 362 g/mol. The van der Waals surface area contributed by atoms with Gasteiger partial charge in [-0.2, -0.15) is 0 Å². The number of amides is 1. The molecule has 2 aromatic carbocycles. The summed E-state index contributed by atoms with van der Waals surface area (Å²) >= 11 is 0. The van der Waals surface area contributed by atoms with Crippen LogP contribution in [0.1, 0.15) is 24.0 Å². The molecule has 0 unspecified atom stereocenters. The molecule has 0 radical (unpaired) electrons. The second-order valence-corrected chi connectivity index (χ2v) is 7.39. The fourth-order valence-corrected chi connectivity index (χ4v) is 3.77. The maximum absolute atomic E-state index is 13.1. The van der Waals surface area contributed by atoms with Crippen LogP contribution in [-0.2, 0) is 11.3 Å². The van der Waals surface area contributed by atoms with Crippen molar-refractivity contribution in [2.45, 2.75) is 32.4 Å². The van der Waals surface area contributed by atoms with Crippen LogP contribution in [0.15, 0.2) is 73.1 Å². The number of nitrogens with one attached hydrogen (secondary N) is 1. The molecule has 5 nitrogen and oxygen atoms in total. The van der Waals surface area contributed by atoms with Gasteiger partial charge in [0, 0.05) is 12.7 Å². The van der Waals surface area contributed by atoms with Crippen LogP contribution in [-0.4, -0.2) is 28.4 Å². The SMILES string of the molecule is Cc1cccc(CN2CCC[C@H]2C(=O)Nc2ccccc2Oc2cccnc2)c1. The molecule has 1 atom stereocenters. The van der Waals surface area contributed by atoms with E-state index in [1.54, 1.807) is 12.4 Å². The van der Waals surface area contributed by atoms with Crippen molar-refractivity contribution in [2.24, 2.45) is 0 Å². The van der Waals surface area contributed by atoms with Crippen molar-refractivity contribution < 1.29 is 9.53 Å². The van der Waals surface area contributed by atoms with E-state index in [2.05, 4.69) is 46.4 Å². The number of aromatic nitrogens is 1. The second kappa shape index (κ2) is 8.88. The third-order valence-corrected chi connectivity index (χ3v) is 5.14. The first kappa shape index (κ1) is 19.2. The summed E-state index contributed by atoms with van der Waals surface area (Å²) < 4.78 is 5.92. The minimum atomic E-state index is -0.137. The van der Waals surface area contributed by atoms with E-state index < -0.39 is 0 Å². The molecule has 29 heavy (non-hydrogen) atoms. The monoisotopic (exact) mass is 387 g/mol. The smallest absolute Gasteiger partial charge is 0.241 e. The lowest BCUT2D eigenvalue weighted by Gasteiger charge is -2.24. The highest BCUT2D eigenvalue weighted by Gasteiger charge is 2.31. The summed E-state index contributed by atoms with van der Waals surface area (Å²) in [6.45, 7) is 3.81. The van der Waals surface area contributed by atoms with Crippen LogP contribution in [0.25, 0.3) is 0 Å². The molecule has 1 N–H and O–H groups in total. The van der Waals surface area contributed by atoms with Crippen LogP contribution < -0.4 is 10.1 Å². The minimum absolute atomic E-state index is 0.0115. The molecule has 0 saturated carbocycles. The Morgan fingerprint density at radius 2 is 2.07 bits per heavy atom. The molecule has 0 aliphatic carbocycles. The molecule has 1 aromatic heterocycles. The number of aryl methyl sites for hydroxylation is 1. The average molecular weight is 387 g/mol. The van der Waals surface area contributed by atoms with Gasteiger partial charge in [-0.15, -0.1) is 0 Å². The lowest BCUT2D eigenvalue weighted by molar-refractivity contribution is -0.120. The number of para-hydroxylation sites is 2. The van der Waals surface area contributed by atoms with Gasteiger partial charge in [0.05, 0.1) is 17.9 Å².